The third-order valence-electron chi connectivity index (χ3n) is 5.31. The molecule has 1 aromatic carbocycles. The SMILES string of the molecule is CCOC(=O)CC(CCC1=NN=C(CC)C(C)C1)c1ccc(C)c(CO)c1. The number of aliphatic hydroxyl groups excluding tert-OH is 1. The maximum Gasteiger partial charge on any atom is 0.306 e. The number of hydrogen-bond donors (Lipinski definition) is 1. The summed E-state index contributed by atoms with van der Waals surface area (Å²) < 4.78 is 5.17. The first-order valence-electron chi connectivity index (χ1n) is 9.96. The van der Waals surface area contributed by atoms with Crippen molar-refractivity contribution in [3.05, 3.63) is 34.9 Å². The Kier molecular flexibility index (Phi) is 8.17. The van der Waals surface area contributed by atoms with Gasteiger partial charge in [0.2, 0.25) is 0 Å². The second-order valence-electron chi connectivity index (χ2n) is 7.31. The summed E-state index contributed by atoms with van der Waals surface area (Å²) >= 11 is 0. The molecule has 1 aliphatic heterocycles. The Balaban J connectivity index is 2.14. The summed E-state index contributed by atoms with van der Waals surface area (Å²) in [6.07, 6.45) is 3.85. The third kappa shape index (κ3) is 5.99. The fourth-order valence-electron chi connectivity index (χ4n) is 3.58. The largest absolute Gasteiger partial charge is 0.466 e. The van der Waals surface area contributed by atoms with E-state index in [0.717, 1.165) is 53.8 Å². The van der Waals surface area contributed by atoms with Crippen LogP contribution in [0.15, 0.2) is 28.4 Å². The molecular weight excluding hydrogens is 340 g/mol. The minimum atomic E-state index is -0.182. The molecule has 2 atom stereocenters. The highest BCUT2D eigenvalue weighted by atomic mass is 16.5. The molecule has 0 aliphatic carbocycles. The number of carbonyl (C=O) groups excluding carboxylic acids is 1. The molecule has 2 rings (SSSR count). The summed E-state index contributed by atoms with van der Waals surface area (Å²) in [6.45, 7) is 8.51. The molecule has 1 N–H and O–H groups in total. The lowest BCUT2D eigenvalue weighted by Gasteiger charge is -2.21. The Bertz CT molecular complexity index is 710. The normalized spacial score (nSPS) is 17.9. The number of hydrogen-bond acceptors (Lipinski definition) is 5. The van der Waals surface area contributed by atoms with Crippen LogP contribution in [0.4, 0.5) is 0 Å². The maximum absolute atomic E-state index is 12.1. The molecule has 1 aliphatic rings. The van der Waals surface area contributed by atoms with Crippen LogP contribution in [0.25, 0.3) is 0 Å². The van der Waals surface area contributed by atoms with Gasteiger partial charge < -0.3 is 9.84 Å². The fourth-order valence-corrected chi connectivity index (χ4v) is 3.58. The average molecular weight is 373 g/mol. The minimum Gasteiger partial charge on any atom is -0.466 e. The molecule has 5 heteroatoms. The minimum absolute atomic E-state index is 0.00450. The van der Waals surface area contributed by atoms with Gasteiger partial charge in [0.25, 0.3) is 0 Å². The summed E-state index contributed by atoms with van der Waals surface area (Å²) in [7, 11) is 0. The molecule has 0 aromatic heterocycles. The second-order valence-corrected chi connectivity index (χ2v) is 7.31. The molecule has 27 heavy (non-hydrogen) atoms. The van der Waals surface area contributed by atoms with E-state index >= 15 is 0 Å². The Labute approximate surface area is 162 Å². The van der Waals surface area contributed by atoms with Crippen LogP contribution in [-0.4, -0.2) is 29.1 Å². The lowest BCUT2D eigenvalue weighted by atomic mass is 9.86. The maximum atomic E-state index is 12.1. The molecule has 0 saturated heterocycles. The van der Waals surface area contributed by atoms with Crippen molar-refractivity contribution in [3.63, 3.8) is 0 Å². The molecule has 0 bridgehead atoms. The number of esters is 1. The van der Waals surface area contributed by atoms with Crippen LogP contribution in [0, 0.1) is 12.8 Å². The van der Waals surface area contributed by atoms with Crippen LogP contribution in [0.2, 0.25) is 0 Å². The number of aryl methyl sites for hydroxylation is 1. The molecule has 0 spiro atoms. The van der Waals surface area contributed by atoms with Crippen LogP contribution < -0.4 is 0 Å². The Morgan fingerprint density at radius 2 is 2.11 bits per heavy atom. The van der Waals surface area contributed by atoms with E-state index in [2.05, 4.69) is 30.1 Å². The highest BCUT2D eigenvalue weighted by Crippen LogP contribution is 2.29. The first kappa shape index (κ1) is 21.3. The van der Waals surface area contributed by atoms with E-state index in [1.807, 2.05) is 26.0 Å². The zero-order valence-electron chi connectivity index (χ0n) is 17.0. The summed E-state index contributed by atoms with van der Waals surface area (Å²) in [5, 5.41) is 18.4. The Morgan fingerprint density at radius 3 is 2.74 bits per heavy atom. The van der Waals surface area contributed by atoms with Crippen molar-refractivity contribution in [2.75, 3.05) is 6.61 Å². The van der Waals surface area contributed by atoms with Crippen molar-refractivity contribution >= 4 is 17.4 Å². The second kappa shape index (κ2) is 10.4. The van der Waals surface area contributed by atoms with Crippen LogP contribution in [0.3, 0.4) is 0 Å². The summed E-state index contributed by atoms with van der Waals surface area (Å²) in [5.74, 6) is 0.301. The standard InChI is InChI=1S/C22H32N2O3/c1-5-21-16(4)11-20(23-24-21)10-9-18(13-22(26)27-6-2)17-8-7-15(3)19(12-17)14-25/h7-8,12,16,18,25H,5-6,9-11,13-14H2,1-4H3. The monoisotopic (exact) mass is 372 g/mol. The van der Waals surface area contributed by atoms with Gasteiger partial charge in [-0.25, -0.2) is 0 Å². The first-order valence-corrected chi connectivity index (χ1v) is 9.96. The van der Waals surface area contributed by atoms with Crippen molar-refractivity contribution in [2.24, 2.45) is 16.1 Å². The van der Waals surface area contributed by atoms with Gasteiger partial charge in [0, 0.05) is 17.3 Å². The van der Waals surface area contributed by atoms with Gasteiger partial charge in [0.1, 0.15) is 0 Å². The molecule has 1 aromatic rings. The average Bonchev–Trinajstić information content (AvgIpc) is 2.66. The van der Waals surface area contributed by atoms with E-state index in [9.17, 15) is 9.90 Å². The van der Waals surface area contributed by atoms with Crippen molar-refractivity contribution < 1.29 is 14.6 Å². The number of nitrogens with zero attached hydrogens (tertiary/aromatic N) is 2. The molecule has 0 radical (unpaired) electrons. The highest BCUT2D eigenvalue weighted by Gasteiger charge is 2.21. The van der Waals surface area contributed by atoms with E-state index in [1.165, 1.54) is 0 Å². The van der Waals surface area contributed by atoms with Gasteiger partial charge in [-0.3, -0.25) is 4.79 Å². The summed E-state index contributed by atoms with van der Waals surface area (Å²) in [5.41, 5.74) is 5.29. The summed E-state index contributed by atoms with van der Waals surface area (Å²) in [6, 6.07) is 6.08. The van der Waals surface area contributed by atoms with E-state index in [4.69, 9.17) is 4.74 Å². The predicted molar refractivity (Wildman–Crippen MR) is 109 cm³/mol. The van der Waals surface area contributed by atoms with Gasteiger partial charge in [-0.15, -0.1) is 0 Å². The van der Waals surface area contributed by atoms with Crippen LogP contribution >= 0.6 is 0 Å². The number of ether oxygens (including phenoxy) is 1. The van der Waals surface area contributed by atoms with Gasteiger partial charge in [-0.1, -0.05) is 32.0 Å². The number of carbonyl (C=O) groups is 1. The van der Waals surface area contributed by atoms with Gasteiger partial charge >= 0.3 is 5.97 Å². The lowest BCUT2D eigenvalue weighted by Crippen LogP contribution is -2.19. The quantitative estimate of drug-likeness (QED) is 0.646. The smallest absolute Gasteiger partial charge is 0.306 e. The molecule has 0 saturated carbocycles. The third-order valence-corrected chi connectivity index (χ3v) is 5.31. The van der Waals surface area contributed by atoms with E-state index < -0.39 is 0 Å². The van der Waals surface area contributed by atoms with Crippen molar-refractivity contribution in [1.82, 2.24) is 0 Å². The Morgan fingerprint density at radius 1 is 1.33 bits per heavy atom. The zero-order valence-corrected chi connectivity index (χ0v) is 17.0. The van der Waals surface area contributed by atoms with Crippen LogP contribution in [0.1, 0.15) is 75.5 Å². The number of benzene rings is 1. The highest BCUT2D eigenvalue weighted by molar-refractivity contribution is 5.96. The first-order chi connectivity index (χ1) is 13.0. The van der Waals surface area contributed by atoms with E-state index in [1.54, 1.807) is 0 Å². The van der Waals surface area contributed by atoms with Gasteiger partial charge in [0.05, 0.1) is 19.6 Å². The van der Waals surface area contributed by atoms with Crippen molar-refractivity contribution in [3.8, 4) is 0 Å². The van der Waals surface area contributed by atoms with Gasteiger partial charge in [-0.05, 0) is 62.1 Å². The molecule has 5 nitrogen and oxygen atoms in total. The Hall–Kier alpha value is -2.01. The fraction of sp³-hybridized carbons (Fsp3) is 0.591. The van der Waals surface area contributed by atoms with E-state index in [-0.39, 0.29) is 18.5 Å². The van der Waals surface area contributed by atoms with Gasteiger partial charge in [0.15, 0.2) is 0 Å². The van der Waals surface area contributed by atoms with Crippen molar-refractivity contribution in [2.45, 2.75) is 72.3 Å². The molecule has 2 unspecified atom stereocenters. The molecule has 0 fully saturated rings. The molecule has 148 valence electrons. The molecule has 0 amide bonds. The van der Waals surface area contributed by atoms with E-state index in [0.29, 0.717) is 18.9 Å². The number of rotatable bonds is 9. The van der Waals surface area contributed by atoms with Crippen LogP contribution in [-0.2, 0) is 16.1 Å². The summed E-state index contributed by atoms with van der Waals surface area (Å²) in [4.78, 5) is 12.1. The predicted octanol–water partition coefficient (Wildman–Crippen LogP) is 4.55. The molecule has 1 heterocycles. The zero-order chi connectivity index (χ0) is 19.8. The van der Waals surface area contributed by atoms with Crippen LogP contribution in [0.5, 0.6) is 0 Å². The van der Waals surface area contributed by atoms with Crippen molar-refractivity contribution in [1.29, 1.82) is 0 Å². The molecular formula is C22H32N2O3. The number of aliphatic hydroxyl groups is 1. The lowest BCUT2D eigenvalue weighted by molar-refractivity contribution is -0.143. The van der Waals surface area contributed by atoms with Gasteiger partial charge in [-0.2, -0.15) is 10.2 Å². The topological polar surface area (TPSA) is 71.2 Å².